The average molecular weight is 280 g/mol. The second-order valence-electron chi connectivity index (χ2n) is 4.91. The van der Waals surface area contributed by atoms with Crippen LogP contribution in [0.5, 0.6) is 0 Å². The molecule has 1 aliphatic carbocycles. The zero-order valence-electron chi connectivity index (χ0n) is 11.0. The Morgan fingerprint density at radius 3 is 2.60 bits per heavy atom. The molecule has 0 spiro atoms. The molecule has 0 aliphatic heterocycles. The topological polar surface area (TPSA) is 78.4 Å². The first-order valence-corrected chi connectivity index (χ1v) is 6.62. The highest BCUT2D eigenvalue weighted by molar-refractivity contribution is 5.93. The lowest BCUT2D eigenvalue weighted by molar-refractivity contribution is -0.115. The van der Waals surface area contributed by atoms with Crippen LogP contribution in [0.25, 0.3) is 0 Å². The molecule has 5 nitrogen and oxygen atoms in total. The van der Waals surface area contributed by atoms with E-state index in [1.54, 1.807) is 0 Å². The Kier molecular flexibility index (Phi) is 4.68. The summed E-state index contributed by atoms with van der Waals surface area (Å²) in [7, 11) is 0. The number of hydrogen-bond acceptors (Lipinski definition) is 3. The molecule has 1 aliphatic rings. The lowest BCUT2D eigenvalue weighted by Gasteiger charge is -2.12. The Balaban J connectivity index is 1.87. The summed E-state index contributed by atoms with van der Waals surface area (Å²) >= 11 is 0. The van der Waals surface area contributed by atoms with Gasteiger partial charge in [0.05, 0.1) is 12.1 Å². The van der Waals surface area contributed by atoms with Gasteiger partial charge in [0, 0.05) is 11.7 Å². The molecule has 0 saturated heterocycles. The molecule has 0 radical (unpaired) electrons. The summed E-state index contributed by atoms with van der Waals surface area (Å²) in [5, 5.41) is 14.4. The number of carboxylic acid groups (broad SMARTS) is 1. The van der Waals surface area contributed by atoms with E-state index >= 15 is 0 Å². The van der Waals surface area contributed by atoms with Gasteiger partial charge in [-0.05, 0) is 31.0 Å². The van der Waals surface area contributed by atoms with Gasteiger partial charge < -0.3 is 15.7 Å². The van der Waals surface area contributed by atoms with Crippen LogP contribution in [0.15, 0.2) is 18.2 Å². The molecule has 0 heterocycles. The summed E-state index contributed by atoms with van der Waals surface area (Å²) in [6, 6.07) is 3.90. The summed E-state index contributed by atoms with van der Waals surface area (Å²) in [4.78, 5) is 22.4. The van der Waals surface area contributed by atoms with E-state index in [-0.39, 0.29) is 18.1 Å². The van der Waals surface area contributed by atoms with Gasteiger partial charge in [0.25, 0.3) is 0 Å². The number of nitrogens with one attached hydrogen (secondary N) is 2. The van der Waals surface area contributed by atoms with Crippen molar-refractivity contribution >= 4 is 17.6 Å². The van der Waals surface area contributed by atoms with Crippen molar-refractivity contribution in [2.45, 2.75) is 31.7 Å². The van der Waals surface area contributed by atoms with E-state index in [4.69, 9.17) is 5.11 Å². The van der Waals surface area contributed by atoms with Crippen molar-refractivity contribution in [2.75, 3.05) is 11.9 Å². The van der Waals surface area contributed by atoms with Crippen LogP contribution >= 0.6 is 0 Å². The second kappa shape index (κ2) is 6.47. The Morgan fingerprint density at radius 1 is 1.30 bits per heavy atom. The maximum Gasteiger partial charge on any atom is 0.338 e. The van der Waals surface area contributed by atoms with Gasteiger partial charge in [-0.1, -0.05) is 12.8 Å². The number of carbonyl (C=O) groups excluding carboxylic acids is 1. The Morgan fingerprint density at radius 2 is 2.00 bits per heavy atom. The summed E-state index contributed by atoms with van der Waals surface area (Å²) in [5.74, 6) is -2.46. The van der Waals surface area contributed by atoms with Crippen LogP contribution in [0, 0.1) is 5.82 Å². The Bertz CT molecular complexity index is 513. The van der Waals surface area contributed by atoms with Gasteiger partial charge in [0.1, 0.15) is 5.82 Å². The third-order valence-corrected chi connectivity index (χ3v) is 3.39. The molecule has 0 unspecified atom stereocenters. The van der Waals surface area contributed by atoms with E-state index in [1.807, 2.05) is 0 Å². The quantitative estimate of drug-likeness (QED) is 0.770. The average Bonchev–Trinajstić information content (AvgIpc) is 2.89. The molecule has 0 atom stereocenters. The minimum atomic E-state index is -1.33. The first-order valence-electron chi connectivity index (χ1n) is 6.62. The number of anilines is 1. The highest BCUT2D eigenvalue weighted by Gasteiger charge is 2.16. The van der Waals surface area contributed by atoms with E-state index in [0.717, 1.165) is 25.0 Å². The third kappa shape index (κ3) is 3.77. The SMILES string of the molecule is O=C(CNC1CCCC1)Nc1ccc(C(=O)O)c(F)c1. The van der Waals surface area contributed by atoms with Gasteiger partial charge in [-0.25, -0.2) is 9.18 Å². The summed E-state index contributed by atoms with van der Waals surface area (Å²) in [6.45, 7) is 0.174. The summed E-state index contributed by atoms with van der Waals surface area (Å²) in [6.07, 6.45) is 4.52. The van der Waals surface area contributed by atoms with Crippen LogP contribution in [0.3, 0.4) is 0 Å². The van der Waals surface area contributed by atoms with E-state index in [1.165, 1.54) is 18.9 Å². The van der Waals surface area contributed by atoms with Gasteiger partial charge in [-0.2, -0.15) is 0 Å². The van der Waals surface area contributed by atoms with Crippen molar-refractivity contribution in [2.24, 2.45) is 0 Å². The molecule has 3 N–H and O–H groups in total. The van der Waals surface area contributed by atoms with Crippen LogP contribution in [-0.4, -0.2) is 29.6 Å². The van der Waals surface area contributed by atoms with Crippen LogP contribution < -0.4 is 10.6 Å². The largest absolute Gasteiger partial charge is 0.478 e. The van der Waals surface area contributed by atoms with Gasteiger partial charge in [-0.15, -0.1) is 0 Å². The fraction of sp³-hybridized carbons (Fsp3) is 0.429. The number of halogens is 1. The van der Waals surface area contributed by atoms with Crippen LogP contribution in [-0.2, 0) is 4.79 Å². The normalized spacial score (nSPS) is 15.2. The number of carbonyl (C=O) groups is 2. The van der Waals surface area contributed by atoms with E-state index in [9.17, 15) is 14.0 Å². The molecule has 6 heteroatoms. The lowest BCUT2D eigenvalue weighted by atomic mass is 10.2. The number of benzene rings is 1. The number of rotatable bonds is 5. The maximum absolute atomic E-state index is 13.4. The second-order valence-corrected chi connectivity index (χ2v) is 4.91. The molecule has 1 amide bonds. The highest BCUT2D eigenvalue weighted by Crippen LogP contribution is 2.17. The molecular weight excluding hydrogens is 263 g/mol. The third-order valence-electron chi connectivity index (χ3n) is 3.39. The predicted molar refractivity (Wildman–Crippen MR) is 72.2 cm³/mol. The van der Waals surface area contributed by atoms with Crippen LogP contribution in [0.2, 0.25) is 0 Å². The van der Waals surface area contributed by atoms with E-state index in [2.05, 4.69) is 10.6 Å². The maximum atomic E-state index is 13.4. The molecule has 108 valence electrons. The zero-order chi connectivity index (χ0) is 14.5. The Hall–Kier alpha value is -1.95. The van der Waals surface area contributed by atoms with Crippen LogP contribution in [0.4, 0.5) is 10.1 Å². The van der Waals surface area contributed by atoms with Crippen molar-refractivity contribution in [1.82, 2.24) is 5.32 Å². The molecule has 1 aromatic rings. The zero-order valence-corrected chi connectivity index (χ0v) is 11.0. The smallest absolute Gasteiger partial charge is 0.338 e. The standard InChI is InChI=1S/C14H17FN2O3/c15-12-7-10(5-6-11(12)14(19)20)17-13(18)8-16-9-3-1-2-4-9/h5-7,9,16H,1-4,8H2,(H,17,18)(H,19,20). The molecule has 0 aromatic heterocycles. The molecule has 0 bridgehead atoms. The lowest BCUT2D eigenvalue weighted by Crippen LogP contribution is -2.34. The molecule has 1 saturated carbocycles. The van der Waals surface area contributed by atoms with E-state index < -0.39 is 17.3 Å². The van der Waals surface area contributed by atoms with Crippen molar-refractivity contribution < 1.29 is 19.1 Å². The number of carboxylic acids is 1. The fourth-order valence-electron chi connectivity index (χ4n) is 2.34. The highest BCUT2D eigenvalue weighted by atomic mass is 19.1. The number of aromatic carboxylic acids is 1. The van der Waals surface area contributed by atoms with Crippen molar-refractivity contribution in [3.63, 3.8) is 0 Å². The molecule has 20 heavy (non-hydrogen) atoms. The van der Waals surface area contributed by atoms with Gasteiger partial charge >= 0.3 is 5.97 Å². The molecular formula is C14H17FN2O3. The monoisotopic (exact) mass is 280 g/mol. The first kappa shape index (κ1) is 14.5. The van der Waals surface area contributed by atoms with Crippen molar-refractivity contribution in [3.05, 3.63) is 29.6 Å². The first-order chi connectivity index (χ1) is 9.56. The Labute approximate surface area is 116 Å². The number of hydrogen-bond donors (Lipinski definition) is 3. The summed E-state index contributed by atoms with van der Waals surface area (Å²) in [5.41, 5.74) is -0.155. The minimum absolute atomic E-state index is 0.174. The minimum Gasteiger partial charge on any atom is -0.478 e. The van der Waals surface area contributed by atoms with Gasteiger partial charge in [0.15, 0.2) is 0 Å². The van der Waals surface area contributed by atoms with Crippen molar-refractivity contribution in [1.29, 1.82) is 0 Å². The van der Waals surface area contributed by atoms with Crippen molar-refractivity contribution in [3.8, 4) is 0 Å². The van der Waals surface area contributed by atoms with Gasteiger partial charge in [-0.3, -0.25) is 4.79 Å². The van der Waals surface area contributed by atoms with Crippen LogP contribution in [0.1, 0.15) is 36.0 Å². The van der Waals surface area contributed by atoms with Gasteiger partial charge in [0.2, 0.25) is 5.91 Å². The predicted octanol–water partition coefficient (Wildman–Crippen LogP) is 1.99. The molecule has 1 fully saturated rings. The molecule has 2 rings (SSSR count). The fourth-order valence-corrected chi connectivity index (χ4v) is 2.34. The number of amides is 1. The molecule has 1 aromatic carbocycles. The summed E-state index contributed by atoms with van der Waals surface area (Å²) < 4.78 is 13.4. The van der Waals surface area contributed by atoms with E-state index in [0.29, 0.717) is 6.04 Å².